The normalized spacial score (nSPS) is 27.3. The summed E-state index contributed by atoms with van der Waals surface area (Å²) in [5, 5.41) is 8.75. The van der Waals surface area contributed by atoms with Gasteiger partial charge in [-0.25, -0.2) is 0 Å². The van der Waals surface area contributed by atoms with E-state index in [2.05, 4.69) is 45.6 Å². The van der Waals surface area contributed by atoms with Crippen molar-refractivity contribution >= 4 is 0 Å². The second kappa shape index (κ2) is 4.14. The molecule has 0 N–H and O–H groups in total. The maximum atomic E-state index is 8.75. The van der Waals surface area contributed by atoms with Crippen LogP contribution in [-0.2, 0) is 0 Å². The summed E-state index contributed by atoms with van der Waals surface area (Å²) in [6.45, 7) is 12.6. The molecule has 86 valence electrons. The number of rotatable bonds is 1. The molecular weight excluding hydrogens is 184 g/mol. The Hall–Kier alpha value is -0.550. The molecule has 0 radical (unpaired) electrons. The zero-order chi connectivity index (χ0) is 11.7. The fraction of sp³-hybridized carbons (Fsp3) is 0.923. The Bertz CT molecular complexity index is 255. The zero-order valence-corrected chi connectivity index (χ0v) is 10.8. The van der Waals surface area contributed by atoms with Crippen LogP contribution < -0.4 is 0 Å². The van der Waals surface area contributed by atoms with Gasteiger partial charge < -0.3 is 0 Å². The molecule has 1 aliphatic heterocycles. The van der Waals surface area contributed by atoms with Crippen molar-refractivity contribution in [1.82, 2.24) is 4.90 Å². The van der Waals surface area contributed by atoms with E-state index >= 15 is 0 Å². The highest BCUT2D eigenvalue weighted by atomic mass is 15.2. The van der Waals surface area contributed by atoms with Gasteiger partial charge >= 0.3 is 0 Å². The number of nitriles is 1. The molecule has 2 heteroatoms. The molecule has 0 aromatic rings. The average Bonchev–Trinajstić information content (AvgIpc) is 1.99. The van der Waals surface area contributed by atoms with Gasteiger partial charge in [0.15, 0.2) is 0 Å². The third-order valence-corrected chi connectivity index (χ3v) is 3.47. The average molecular weight is 208 g/mol. The second-order valence-electron chi connectivity index (χ2n) is 6.36. The van der Waals surface area contributed by atoms with Crippen LogP contribution in [0.4, 0.5) is 0 Å². The third kappa shape index (κ3) is 2.95. The molecule has 0 aromatic carbocycles. The fourth-order valence-electron chi connectivity index (χ4n) is 3.08. The number of nitrogens with zero attached hydrogens (tertiary/aromatic N) is 2. The van der Waals surface area contributed by atoms with Crippen molar-refractivity contribution in [3.63, 3.8) is 0 Å². The first-order chi connectivity index (χ1) is 6.77. The van der Waals surface area contributed by atoms with Crippen molar-refractivity contribution in [2.24, 2.45) is 5.92 Å². The Labute approximate surface area is 94.3 Å². The van der Waals surface area contributed by atoms with Crippen molar-refractivity contribution in [3.05, 3.63) is 0 Å². The molecule has 1 saturated heterocycles. The van der Waals surface area contributed by atoms with Crippen LogP contribution in [0.5, 0.6) is 0 Å². The molecule has 1 rings (SSSR count). The summed E-state index contributed by atoms with van der Waals surface area (Å²) in [5.74, 6) is 0.601. The molecule has 0 aromatic heterocycles. The molecule has 0 spiro atoms. The van der Waals surface area contributed by atoms with Gasteiger partial charge in [-0.2, -0.15) is 5.26 Å². The van der Waals surface area contributed by atoms with Crippen LogP contribution in [0.1, 0.15) is 53.9 Å². The third-order valence-electron chi connectivity index (χ3n) is 3.47. The number of piperidine rings is 1. The van der Waals surface area contributed by atoms with E-state index in [1.165, 1.54) is 6.42 Å². The van der Waals surface area contributed by atoms with Crippen molar-refractivity contribution in [2.45, 2.75) is 65.0 Å². The molecule has 1 heterocycles. The highest BCUT2D eigenvalue weighted by molar-refractivity contribution is 4.96. The van der Waals surface area contributed by atoms with E-state index in [1.807, 2.05) is 0 Å². The van der Waals surface area contributed by atoms with E-state index in [1.54, 1.807) is 0 Å². The van der Waals surface area contributed by atoms with E-state index in [0.29, 0.717) is 5.92 Å². The minimum Gasteiger partial charge on any atom is -0.293 e. The first kappa shape index (κ1) is 12.5. The molecule has 0 amide bonds. The number of hydrogen-bond acceptors (Lipinski definition) is 2. The van der Waals surface area contributed by atoms with Crippen LogP contribution in [0.25, 0.3) is 0 Å². The van der Waals surface area contributed by atoms with E-state index in [-0.39, 0.29) is 11.1 Å². The molecule has 15 heavy (non-hydrogen) atoms. The lowest BCUT2D eigenvalue weighted by molar-refractivity contribution is -0.0217. The van der Waals surface area contributed by atoms with E-state index in [9.17, 15) is 0 Å². The number of hydrogen-bond donors (Lipinski definition) is 0. The minimum atomic E-state index is 0.234. The Morgan fingerprint density at radius 1 is 1.40 bits per heavy atom. The predicted octanol–water partition coefficient (Wildman–Crippen LogP) is 3.19. The van der Waals surface area contributed by atoms with Crippen LogP contribution in [0.3, 0.4) is 0 Å². The molecule has 2 nitrogen and oxygen atoms in total. The lowest BCUT2D eigenvalue weighted by atomic mass is 9.79. The van der Waals surface area contributed by atoms with Gasteiger partial charge in [0.05, 0.1) is 6.07 Å². The summed E-state index contributed by atoms with van der Waals surface area (Å²) in [7, 11) is 0. The van der Waals surface area contributed by atoms with Gasteiger partial charge in [0.1, 0.15) is 0 Å². The Kier molecular flexibility index (Phi) is 3.45. The molecule has 1 atom stereocenters. The number of likely N-dealkylation sites (tertiary alicyclic amines) is 1. The molecule has 0 bridgehead atoms. The van der Waals surface area contributed by atoms with Crippen LogP contribution in [0, 0.1) is 17.2 Å². The molecule has 1 aliphatic rings. The first-order valence-electron chi connectivity index (χ1n) is 5.92. The van der Waals surface area contributed by atoms with E-state index in [4.69, 9.17) is 5.26 Å². The summed E-state index contributed by atoms with van der Waals surface area (Å²) >= 11 is 0. The lowest BCUT2D eigenvalue weighted by Crippen LogP contribution is -2.57. The quantitative estimate of drug-likeness (QED) is 0.661. The smallest absolute Gasteiger partial charge is 0.0624 e. The standard InChI is InChI=1S/C13H24N2/c1-12(2,3)15-9-7-11(6-8-14)10-13(15,4)5/h11H,6-7,9-10H2,1-5H3. The summed E-state index contributed by atoms with van der Waals surface area (Å²) < 4.78 is 0. The SMILES string of the molecule is CC(C)(C)N1CCC(CC#N)CC1(C)C. The van der Waals surface area contributed by atoms with Crippen LogP contribution in [0.15, 0.2) is 0 Å². The molecule has 0 saturated carbocycles. The lowest BCUT2D eigenvalue weighted by Gasteiger charge is -2.52. The van der Waals surface area contributed by atoms with Gasteiger partial charge in [-0.3, -0.25) is 4.90 Å². The van der Waals surface area contributed by atoms with Crippen molar-refractivity contribution in [1.29, 1.82) is 5.26 Å². The Morgan fingerprint density at radius 2 is 2.00 bits per heavy atom. The molecule has 1 unspecified atom stereocenters. The van der Waals surface area contributed by atoms with Crippen molar-refractivity contribution < 1.29 is 0 Å². The van der Waals surface area contributed by atoms with Gasteiger partial charge in [-0.1, -0.05) is 0 Å². The van der Waals surface area contributed by atoms with Crippen molar-refractivity contribution in [2.75, 3.05) is 6.54 Å². The predicted molar refractivity (Wildman–Crippen MR) is 63.5 cm³/mol. The van der Waals surface area contributed by atoms with Crippen LogP contribution in [0.2, 0.25) is 0 Å². The highest BCUT2D eigenvalue weighted by Crippen LogP contribution is 2.37. The first-order valence-corrected chi connectivity index (χ1v) is 5.92. The Balaban J connectivity index is 2.72. The Morgan fingerprint density at radius 3 is 2.40 bits per heavy atom. The highest BCUT2D eigenvalue weighted by Gasteiger charge is 2.39. The van der Waals surface area contributed by atoms with Gasteiger partial charge in [-0.15, -0.1) is 0 Å². The maximum absolute atomic E-state index is 8.75. The molecule has 0 aliphatic carbocycles. The van der Waals surface area contributed by atoms with Crippen LogP contribution >= 0.6 is 0 Å². The van der Waals surface area contributed by atoms with Crippen molar-refractivity contribution in [3.8, 4) is 6.07 Å². The summed E-state index contributed by atoms with van der Waals surface area (Å²) in [4.78, 5) is 2.58. The van der Waals surface area contributed by atoms with Gasteiger partial charge in [-0.05, 0) is 59.9 Å². The molecule has 1 fully saturated rings. The van der Waals surface area contributed by atoms with Gasteiger partial charge in [0, 0.05) is 17.5 Å². The van der Waals surface area contributed by atoms with E-state index < -0.39 is 0 Å². The largest absolute Gasteiger partial charge is 0.293 e. The monoisotopic (exact) mass is 208 g/mol. The van der Waals surface area contributed by atoms with Gasteiger partial charge in [0.2, 0.25) is 0 Å². The van der Waals surface area contributed by atoms with E-state index in [0.717, 1.165) is 19.4 Å². The minimum absolute atomic E-state index is 0.234. The fourth-order valence-corrected chi connectivity index (χ4v) is 3.08. The summed E-state index contributed by atoms with van der Waals surface area (Å²) in [6, 6.07) is 2.31. The maximum Gasteiger partial charge on any atom is 0.0624 e. The summed E-state index contributed by atoms with van der Waals surface area (Å²) in [6.07, 6.45) is 3.05. The van der Waals surface area contributed by atoms with Crippen LogP contribution in [-0.4, -0.2) is 22.5 Å². The second-order valence-corrected chi connectivity index (χ2v) is 6.36. The zero-order valence-electron chi connectivity index (χ0n) is 10.8. The summed E-state index contributed by atoms with van der Waals surface area (Å²) in [5.41, 5.74) is 0.471. The van der Waals surface area contributed by atoms with Gasteiger partial charge in [0.25, 0.3) is 0 Å². The molecular formula is C13H24N2. The topological polar surface area (TPSA) is 27.0 Å².